The number of allylic oxidation sites excluding steroid dienone is 2. The van der Waals surface area contributed by atoms with Crippen molar-refractivity contribution in [2.24, 2.45) is 11.8 Å². The molecule has 1 fully saturated rings. The highest BCUT2D eigenvalue weighted by Gasteiger charge is 2.20. The monoisotopic (exact) mass is 430 g/mol. The fourth-order valence-corrected chi connectivity index (χ4v) is 3.46. The first-order valence-electron chi connectivity index (χ1n) is 11.3. The highest BCUT2D eigenvalue weighted by molar-refractivity contribution is 5.91. The zero-order valence-electron chi connectivity index (χ0n) is 19.6. The third-order valence-electron chi connectivity index (χ3n) is 5.69. The van der Waals surface area contributed by atoms with Crippen LogP contribution in [0.15, 0.2) is 48.1 Å². The first-order chi connectivity index (χ1) is 14.9. The van der Waals surface area contributed by atoms with E-state index in [-0.39, 0.29) is 30.0 Å². The molecule has 1 aliphatic heterocycles. The molecule has 1 heterocycles. The summed E-state index contributed by atoms with van der Waals surface area (Å²) in [4.78, 5) is 12.5. The summed E-state index contributed by atoms with van der Waals surface area (Å²) in [7, 11) is 1.66. The molecule has 1 aromatic carbocycles. The molecule has 31 heavy (non-hydrogen) atoms. The second kappa shape index (κ2) is 13.5. The number of ether oxygens (including phenoxy) is 4. The first-order valence-corrected chi connectivity index (χ1v) is 11.3. The number of carbonyl (C=O) groups is 1. The molecule has 2 rings (SSSR count). The average Bonchev–Trinajstić information content (AvgIpc) is 2.81. The molecule has 0 radical (unpaired) electrons. The molecule has 1 aromatic rings. The molecule has 0 N–H and O–H groups in total. The van der Waals surface area contributed by atoms with E-state index < -0.39 is 0 Å². The van der Waals surface area contributed by atoms with Gasteiger partial charge in [0.05, 0.1) is 26.4 Å². The predicted octanol–water partition coefficient (Wildman–Crippen LogP) is 5.49. The Balaban J connectivity index is 1.88. The van der Waals surface area contributed by atoms with Gasteiger partial charge in [0.25, 0.3) is 0 Å². The van der Waals surface area contributed by atoms with Gasteiger partial charge in [0.15, 0.2) is 12.1 Å². The molecular formula is C26H38O5. The van der Waals surface area contributed by atoms with Gasteiger partial charge in [-0.25, -0.2) is 0 Å². The van der Waals surface area contributed by atoms with Gasteiger partial charge in [-0.15, -0.1) is 0 Å². The van der Waals surface area contributed by atoms with E-state index in [2.05, 4.69) is 19.9 Å². The minimum Gasteiger partial charge on any atom is -0.497 e. The Morgan fingerprint density at radius 2 is 1.97 bits per heavy atom. The summed E-state index contributed by atoms with van der Waals surface area (Å²) in [6.45, 7) is 9.66. The second-order valence-corrected chi connectivity index (χ2v) is 8.26. The van der Waals surface area contributed by atoms with Crippen LogP contribution >= 0.6 is 0 Å². The van der Waals surface area contributed by atoms with Crippen molar-refractivity contribution < 1.29 is 23.7 Å². The Hall–Kier alpha value is -1.95. The number of rotatable bonds is 12. The maximum atomic E-state index is 12.5. The third-order valence-corrected chi connectivity index (χ3v) is 5.69. The molecule has 0 amide bonds. The van der Waals surface area contributed by atoms with Crippen LogP contribution in [-0.4, -0.2) is 38.5 Å². The van der Waals surface area contributed by atoms with Crippen molar-refractivity contribution in [1.82, 2.24) is 0 Å². The van der Waals surface area contributed by atoms with E-state index in [0.29, 0.717) is 13.2 Å². The lowest BCUT2D eigenvalue weighted by Crippen LogP contribution is -2.26. The minimum atomic E-state index is -0.199. The van der Waals surface area contributed by atoms with E-state index in [1.807, 2.05) is 44.2 Å². The molecule has 1 aliphatic rings. The lowest BCUT2D eigenvalue weighted by molar-refractivity contribution is -0.169. The molecule has 1 unspecified atom stereocenters. The van der Waals surface area contributed by atoms with Crippen molar-refractivity contribution in [1.29, 1.82) is 0 Å². The van der Waals surface area contributed by atoms with Crippen LogP contribution in [0.25, 0.3) is 0 Å². The summed E-state index contributed by atoms with van der Waals surface area (Å²) >= 11 is 0. The van der Waals surface area contributed by atoms with Crippen molar-refractivity contribution in [3.63, 3.8) is 0 Å². The topological polar surface area (TPSA) is 54.0 Å². The van der Waals surface area contributed by atoms with Gasteiger partial charge in [0.2, 0.25) is 0 Å². The van der Waals surface area contributed by atoms with Crippen molar-refractivity contribution in [2.45, 2.75) is 66.0 Å². The largest absolute Gasteiger partial charge is 0.497 e. The number of hydrogen-bond acceptors (Lipinski definition) is 5. The standard InChI is InChI=1S/C26H38O5/c1-6-19(2)26(31-18-22-11-13-23(28-5)14-12-22)20(3)10-15-24(27)21(4)17-30-25-9-7-8-16-29-25/h6,10-15,20-21,25-26H,7-9,16-18H2,1-5H3/b15-10+,19-6+/t20-,21-,25?,26+/m0/s1. The van der Waals surface area contributed by atoms with E-state index in [1.165, 1.54) is 0 Å². The van der Waals surface area contributed by atoms with Crippen molar-refractivity contribution in [3.05, 3.63) is 53.6 Å². The quantitative estimate of drug-likeness (QED) is 0.324. The van der Waals surface area contributed by atoms with Gasteiger partial charge in [-0.05, 0) is 62.5 Å². The van der Waals surface area contributed by atoms with Crippen LogP contribution in [0, 0.1) is 11.8 Å². The van der Waals surface area contributed by atoms with E-state index in [0.717, 1.165) is 42.8 Å². The maximum Gasteiger partial charge on any atom is 0.160 e. The van der Waals surface area contributed by atoms with Gasteiger partial charge in [-0.2, -0.15) is 0 Å². The van der Waals surface area contributed by atoms with Crippen LogP contribution in [-0.2, 0) is 25.6 Å². The Bertz CT molecular complexity index is 716. The molecule has 5 heteroatoms. The van der Waals surface area contributed by atoms with Crippen molar-refractivity contribution >= 4 is 5.78 Å². The summed E-state index contributed by atoms with van der Waals surface area (Å²) in [6, 6.07) is 7.87. The number of hydrogen-bond donors (Lipinski definition) is 0. The first kappa shape index (κ1) is 25.3. The molecule has 0 bridgehead atoms. The summed E-state index contributed by atoms with van der Waals surface area (Å²) in [5.74, 6) is 0.756. The number of methoxy groups -OCH3 is 1. The highest BCUT2D eigenvalue weighted by atomic mass is 16.7. The van der Waals surface area contributed by atoms with Gasteiger partial charge in [-0.3, -0.25) is 4.79 Å². The predicted molar refractivity (Wildman–Crippen MR) is 123 cm³/mol. The van der Waals surface area contributed by atoms with Gasteiger partial charge < -0.3 is 18.9 Å². The fraction of sp³-hybridized carbons (Fsp3) is 0.577. The van der Waals surface area contributed by atoms with E-state index in [9.17, 15) is 4.79 Å². The fourth-order valence-electron chi connectivity index (χ4n) is 3.46. The molecule has 0 aliphatic carbocycles. The van der Waals surface area contributed by atoms with Gasteiger partial charge in [0, 0.05) is 18.4 Å². The van der Waals surface area contributed by atoms with Crippen LogP contribution in [0.3, 0.4) is 0 Å². The average molecular weight is 431 g/mol. The van der Waals surface area contributed by atoms with Crippen LogP contribution in [0.4, 0.5) is 0 Å². The number of ketones is 1. The molecule has 5 nitrogen and oxygen atoms in total. The van der Waals surface area contributed by atoms with Gasteiger partial charge >= 0.3 is 0 Å². The summed E-state index contributed by atoms with van der Waals surface area (Å²) in [5, 5.41) is 0. The zero-order chi connectivity index (χ0) is 22.6. The van der Waals surface area contributed by atoms with E-state index >= 15 is 0 Å². The number of benzene rings is 1. The Labute approximate surface area is 187 Å². The molecular weight excluding hydrogens is 392 g/mol. The van der Waals surface area contributed by atoms with Crippen LogP contribution in [0.1, 0.15) is 52.5 Å². The third kappa shape index (κ3) is 8.60. The smallest absolute Gasteiger partial charge is 0.160 e. The summed E-state index contributed by atoms with van der Waals surface area (Å²) in [5.41, 5.74) is 2.22. The second-order valence-electron chi connectivity index (χ2n) is 8.26. The normalized spacial score (nSPS) is 20.4. The lowest BCUT2D eigenvalue weighted by atomic mass is 9.96. The Morgan fingerprint density at radius 1 is 1.23 bits per heavy atom. The van der Waals surface area contributed by atoms with E-state index in [1.54, 1.807) is 13.2 Å². The maximum absolute atomic E-state index is 12.5. The minimum absolute atomic E-state index is 0.0631. The Morgan fingerprint density at radius 3 is 2.58 bits per heavy atom. The zero-order valence-corrected chi connectivity index (χ0v) is 19.6. The molecule has 1 saturated heterocycles. The molecule has 0 saturated carbocycles. The molecule has 172 valence electrons. The summed E-state index contributed by atoms with van der Waals surface area (Å²) in [6.07, 6.45) is 8.53. The SMILES string of the molecule is C/C=C(\C)[C@@H](OCc1ccc(OC)cc1)[C@@H](C)/C=C/C(=O)[C@@H](C)COC1CCCCO1. The molecule has 4 atom stereocenters. The number of carbonyl (C=O) groups excluding carboxylic acids is 1. The van der Waals surface area contributed by atoms with Crippen LogP contribution in [0.5, 0.6) is 5.75 Å². The molecule has 0 aromatic heterocycles. The highest BCUT2D eigenvalue weighted by Crippen LogP contribution is 2.21. The van der Waals surface area contributed by atoms with Crippen LogP contribution < -0.4 is 4.74 Å². The van der Waals surface area contributed by atoms with E-state index in [4.69, 9.17) is 18.9 Å². The van der Waals surface area contributed by atoms with Gasteiger partial charge in [-0.1, -0.05) is 38.1 Å². The molecule has 0 spiro atoms. The lowest BCUT2D eigenvalue weighted by Gasteiger charge is -2.24. The van der Waals surface area contributed by atoms with Crippen molar-refractivity contribution in [2.75, 3.05) is 20.3 Å². The summed E-state index contributed by atoms with van der Waals surface area (Å²) < 4.78 is 22.8. The van der Waals surface area contributed by atoms with Gasteiger partial charge in [0.1, 0.15) is 5.75 Å². The Kier molecular flexibility index (Phi) is 11.0. The van der Waals surface area contributed by atoms with Crippen LogP contribution in [0.2, 0.25) is 0 Å². The van der Waals surface area contributed by atoms with Crippen molar-refractivity contribution in [3.8, 4) is 5.75 Å².